The molecule has 0 aliphatic carbocycles. The lowest BCUT2D eigenvalue weighted by molar-refractivity contribution is 0.312. The van der Waals surface area contributed by atoms with E-state index in [-0.39, 0.29) is 30.0 Å². The second kappa shape index (κ2) is 11.8. The van der Waals surface area contributed by atoms with Crippen molar-refractivity contribution in [1.29, 1.82) is 0 Å². The summed E-state index contributed by atoms with van der Waals surface area (Å²) in [6.07, 6.45) is 2.68. The van der Waals surface area contributed by atoms with Gasteiger partial charge in [0.25, 0.3) is 0 Å². The molecule has 0 bridgehead atoms. The van der Waals surface area contributed by atoms with E-state index in [1.807, 2.05) is 17.2 Å². The van der Waals surface area contributed by atoms with Crippen LogP contribution in [-0.4, -0.2) is 75.2 Å². The Morgan fingerprint density at radius 2 is 1.91 bits per heavy atom. The largest absolute Gasteiger partial charge is 0.367 e. The molecule has 1 aromatic heterocycles. The van der Waals surface area contributed by atoms with Crippen molar-refractivity contribution in [3.63, 3.8) is 0 Å². The van der Waals surface area contributed by atoms with E-state index in [2.05, 4.69) is 43.5 Å². The van der Waals surface area contributed by atoms with Gasteiger partial charge in [0.1, 0.15) is 17.5 Å². The van der Waals surface area contributed by atoms with E-state index in [0.29, 0.717) is 31.3 Å². The fourth-order valence-electron chi connectivity index (χ4n) is 4.27. The first-order valence-corrected chi connectivity index (χ1v) is 11.1. The quantitative estimate of drug-likeness (QED) is 0.327. The third-order valence-corrected chi connectivity index (χ3v) is 6.12. The summed E-state index contributed by atoms with van der Waals surface area (Å²) >= 11 is 0. The van der Waals surface area contributed by atoms with Crippen LogP contribution in [0.1, 0.15) is 12.0 Å². The molecule has 1 atom stereocenters. The van der Waals surface area contributed by atoms with Crippen LogP contribution in [0.4, 0.5) is 20.3 Å². The number of aliphatic imine (C=N–C) groups is 1. The van der Waals surface area contributed by atoms with E-state index in [0.717, 1.165) is 50.0 Å². The topological polar surface area (TPSA) is 59.0 Å². The lowest BCUT2D eigenvalue weighted by Gasteiger charge is -2.34. The second-order valence-corrected chi connectivity index (χ2v) is 8.37. The number of pyridine rings is 1. The molecule has 0 saturated carbocycles. The number of hydrogen-bond donors (Lipinski definition) is 2. The molecule has 7 nitrogen and oxygen atoms in total. The molecule has 2 aliphatic rings. The van der Waals surface area contributed by atoms with E-state index < -0.39 is 11.6 Å². The van der Waals surface area contributed by atoms with Gasteiger partial charge < -0.3 is 25.3 Å². The lowest BCUT2D eigenvalue weighted by atomic mass is 10.2. The predicted molar refractivity (Wildman–Crippen MR) is 140 cm³/mol. The van der Waals surface area contributed by atoms with Crippen molar-refractivity contribution >= 4 is 41.4 Å². The van der Waals surface area contributed by atoms with Crippen LogP contribution in [-0.2, 0) is 6.54 Å². The zero-order valence-corrected chi connectivity index (χ0v) is 21.4. The van der Waals surface area contributed by atoms with Crippen LogP contribution in [0.3, 0.4) is 0 Å². The number of halogens is 3. The van der Waals surface area contributed by atoms with Crippen LogP contribution in [0.25, 0.3) is 0 Å². The number of nitrogens with zero attached hydrogens (tertiary/aromatic N) is 5. The van der Waals surface area contributed by atoms with E-state index >= 15 is 0 Å². The summed E-state index contributed by atoms with van der Waals surface area (Å²) in [5.41, 5.74) is 1.56. The number of nitrogens with one attached hydrogen (secondary N) is 2. The van der Waals surface area contributed by atoms with Gasteiger partial charge in [-0.2, -0.15) is 0 Å². The Hall–Kier alpha value is -2.21. The lowest BCUT2D eigenvalue weighted by Crippen LogP contribution is -2.46. The molecular weight excluding hydrogens is 539 g/mol. The Labute approximate surface area is 211 Å². The molecule has 2 saturated heterocycles. The normalized spacial score (nSPS) is 19.4. The van der Waals surface area contributed by atoms with E-state index in [4.69, 9.17) is 0 Å². The van der Waals surface area contributed by atoms with Gasteiger partial charge in [-0.1, -0.05) is 6.07 Å². The number of aromatic nitrogens is 1. The molecule has 10 heteroatoms. The van der Waals surface area contributed by atoms with Crippen LogP contribution >= 0.6 is 24.0 Å². The van der Waals surface area contributed by atoms with Crippen molar-refractivity contribution in [1.82, 2.24) is 20.5 Å². The highest BCUT2D eigenvalue weighted by atomic mass is 127. The summed E-state index contributed by atoms with van der Waals surface area (Å²) in [5, 5.41) is 6.83. The Kier molecular flexibility index (Phi) is 9.07. The number of piperazine rings is 1. The molecule has 2 aromatic rings. The van der Waals surface area contributed by atoms with Gasteiger partial charge in [-0.05, 0) is 31.7 Å². The van der Waals surface area contributed by atoms with Crippen LogP contribution in [0.15, 0.2) is 41.5 Å². The van der Waals surface area contributed by atoms with Crippen LogP contribution in [0, 0.1) is 11.6 Å². The first-order chi connectivity index (χ1) is 15.5. The van der Waals surface area contributed by atoms with Gasteiger partial charge in [0.2, 0.25) is 0 Å². The fraction of sp³-hybridized carbons (Fsp3) is 0.478. The van der Waals surface area contributed by atoms with Crippen molar-refractivity contribution < 1.29 is 8.78 Å². The van der Waals surface area contributed by atoms with Crippen LogP contribution in [0.5, 0.6) is 0 Å². The zero-order chi connectivity index (χ0) is 22.5. The van der Waals surface area contributed by atoms with Gasteiger partial charge in [-0.25, -0.2) is 13.8 Å². The van der Waals surface area contributed by atoms with Crippen LogP contribution < -0.4 is 20.4 Å². The molecular formula is C23H32F2IN7. The molecule has 2 N–H and O–H groups in total. The van der Waals surface area contributed by atoms with Crippen molar-refractivity contribution in [2.45, 2.75) is 19.0 Å². The maximum atomic E-state index is 14.1. The minimum absolute atomic E-state index is 0. The van der Waals surface area contributed by atoms with Gasteiger partial charge in [0, 0.05) is 76.7 Å². The summed E-state index contributed by atoms with van der Waals surface area (Å²) in [6, 6.07) is 7.90. The molecule has 33 heavy (non-hydrogen) atoms. The predicted octanol–water partition coefficient (Wildman–Crippen LogP) is 2.67. The van der Waals surface area contributed by atoms with E-state index in [1.165, 1.54) is 12.1 Å². The van der Waals surface area contributed by atoms with E-state index in [1.54, 1.807) is 7.05 Å². The fourth-order valence-corrected chi connectivity index (χ4v) is 4.27. The maximum absolute atomic E-state index is 14.1. The van der Waals surface area contributed by atoms with Gasteiger partial charge >= 0.3 is 0 Å². The third-order valence-electron chi connectivity index (χ3n) is 6.12. The molecule has 3 heterocycles. The average Bonchev–Trinajstić information content (AvgIpc) is 3.25. The first kappa shape index (κ1) is 25.4. The Bertz CT molecular complexity index is 950. The maximum Gasteiger partial charge on any atom is 0.191 e. The summed E-state index contributed by atoms with van der Waals surface area (Å²) in [7, 11) is 3.88. The number of anilines is 2. The highest BCUT2D eigenvalue weighted by Gasteiger charge is 2.25. The van der Waals surface area contributed by atoms with Crippen molar-refractivity contribution in [2.24, 2.45) is 4.99 Å². The molecule has 0 spiro atoms. The first-order valence-electron chi connectivity index (χ1n) is 11.1. The highest BCUT2D eigenvalue weighted by molar-refractivity contribution is 14.0. The minimum atomic E-state index is -0.559. The average molecular weight is 571 g/mol. The summed E-state index contributed by atoms with van der Waals surface area (Å²) in [6.45, 7) is 5.92. The second-order valence-electron chi connectivity index (χ2n) is 8.37. The highest BCUT2D eigenvalue weighted by Crippen LogP contribution is 2.24. The summed E-state index contributed by atoms with van der Waals surface area (Å²) in [4.78, 5) is 15.6. The summed E-state index contributed by atoms with van der Waals surface area (Å²) in [5.74, 6) is 0.629. The molecule has 2 fully saturated rings. The molecule has 180 valence electrons. The molecule has 1 unspecified atom stereocenters. The van der Waals surface area contributed by atoms with Crippen molar-refractivity contribution in [2.75, 3.05) is 63.2 Å². The van der Waals surface area contributed by atoms with Crippen molar-refractivity contribution in [3.8, 4) is 0 Å². The number of guanidine groups is 1. The number of likely N-dealkylation sites (N-methyl/N-ethyl adjacent to an activating group) is 1. The van der Waals surface area contributed by atoms with Crippen molar-refractivity contribution in [3.05, 3.63) is 53.7 Å². The van der Waals surface area contributed by atoms with Gasteiger partial charge in [-0.15, -0.1) is 24.0 Å². The Morgan fingerprint density at radius 3 is 2.64 bits per heavy atom. The molecule has 2 aliphatic heterocycles. The standard InChI is InChI=1S/C23H31F2N7.HI/c1-26-23(29-19-7-9-32(16-19)21-6-5-18(24)14-20(21)25)28-15-17-4-3-8-27-22(17)31-12-10-30(2)11-13-31;/h3-6,8,14,19H,7,9-13,15-16H2,1-2H3,(H2,26,28,29);1H. The smallest absolute Gasteiger partial charge is 0.191 e. The Morgan fingerprint density at radius 1 is 1.12 bits per heavy atom. The SMILES string of the molecule is CN=C(NCc1cccnc1N1CCN(C)CC1)NC1CCN(c2ccc(F)cc2F)C1.I. The third kappa shape index (κ3) is 6.44. The number of hydrogen-bond acceptors (Lipinski definition) is 5. The van der Waals surface area contributed by atoms with Gasteiger partial charge in [-0.3, -0.25) is 4.99 Å². The molecule has 1 aromatic carbocycles. The van der Waals surface area contributed by atoms with E-state index in [9.17, 15) is 8.78 Å². The van der Waals surface area contributed by atoms with Gasteiger partial charge in [0.15, 0.2) is 5.96 Å². The van der Waals surface area contributed by atoms with Crippen LogP contribution in [0.2, 0.25) is 0 Å². The molecule has 4 rings (SSSR count). The Balaban J connectivity index is 0.00000306. The summed E-state index contributed by atoms with van der Waals surface area (Å²) < 4.78 is 27.3. The minimum Gasteiger partial charge on any atom is -0.367 e. The van der Waals surface area contributed by atoms with Gasteiger partial charge in [0.05, 0.1) is 5.69 Å². The number of benzene rings is 1. The molecule has 0 amide bonds. The number of rotatable bonds is 5. The molecule has 0 radical (unpaired) electrons. The monoisotopic (exact) mass is 571 g/mol. The zero-order valence-electron chi connectivity index (χ0n) is 19.1.